The molecule has 0 saturated heterocycles. The lowest BCUT2D eigenvalue weighted by molar-refractivity contribution is -0.117. The third-order valence-corrected chi connectivity index (χ3v) is 7.24. The summed E-state index contributed by atoms with van der Waals surface area (Å²) in [4.78, 5) is 31.8. The van der Waals surface area contributed by atoms with Crippen LogP contribution in [-0.2, 0) is 4.79 Å². The Balaban J connectivity index is 1.28. The number of nitrogens with two attached hydrogens (primary N) is 1. The third-order valence-electron chi connectivity index (χ3n) is 7.24. The smallest absolute Gasteiger partial charge is 0.141 e. The lowest BCUT2D eigenvalue weighted by Crippen LogP contribution is -2.11. The first-order valence-electron chi connectivity index (χ1n) is 13.4. The molecule has 0 radical (unpaired) electrons. The van der Waals surface area contributed by atoms with Crippen molar-refractivity contribution in [3.63, 3.8) is 0 Å². The van der Waals surface area contributed by atoms with Crippen LogP contribution in [-0.4, -0.2) is 28.6 Å². The second kappa shape index (κ2) is 9.92. The van der Waals surface area contributed by atoms with Crippen molar-refractivity contribution < 1.29 is 4.79 Å². The number of Topliss-reactive ketones (excluding diaryl/α,β-unsaturated/α-hetero) is 1. The summed E-state index contributed by atoms with van der Waals surface area (Å²) in [6.45, 7) is 1.62. The summed E-state index contributed by atoms with van der Waals surface area (Å²) >= 11 is 0. The molecule has 0 amide bonds. The minimum atomic E-state index is -0.381. The van der Waals surface area contributed by atoms with Gasteiger partial charge in [0.05, 0.1) is 51.6 Å². The van der Waals surface area contributed by atoms with Gasteiger partial charge in [0.1, 0.15) is 5.78 Å². The predicted octanol–water partition coefficient (Wildman–Crippen LogP) is 6.41. The normalized spacial score (nSPS) is 19.0. The van der Waals surface area contributed by atoms with Crippen molar-refractivity contribution >= 4 is 39.9 Å². The first-order chi connectivity index (χ1) is 20.0. The fraction of sp³-hybridized carbons (Fsp3) is 0.0571. The van der Waals surface area contributed by atoms with Crippen molar-refractivity contribution in [3.05, 3.63) is 155 Å². The molecule has 2 aromatic rings. The molecule has 7 rings (SSSR count). The van der Waals surface area contributed by atoms with Crippen LogP contribution >= 0.6 is 0 Å². The number of fused-ring (bicyclic) bond motifs is 4. The molecule has 2 aromatic carbocycles. The number of rotatable bonds is 4. The minimum absolute atomic E-state index is 0.0648. The molecule has 0 aromatic heterocycles. The van der Waals surface area contributed by atoms with Crippen LogP contribution in [0.15, 0.2) is 158 Å². The molecule has 1 unspecified atom stereocenters. The summed E-state index contributed by atoms with van der Waals surface area (Å²) in [7, 11) is 0. The summed E-state index contributed by atoms with van der Waals surface area (Å²) in [5.74, 6) is -0.316. The van der Waals surface area contributed by atoms with Crippen LogP contribution in [0.5, 0.6) is 0 Å². The van der Waals surface area contributed by atoms with Gasteiger partial charge in [0.25, 0.3) is 0 Å². The molecule has 1 atom stereocenters. The average molecular weight is 532 g/mol. The van der Waals surface area contributed by atoms with Gasteiger partial charge in [0.15, 0.2) is 0 Å². The largest absolute Gasteiger partial charge is 0.399 e. The quantitative estimate of drug-likeness (QED) is 0.462. The number of anilines is 1. The Kier molecular flexibility index (Phi) is 5.94. The number of aliphatic imine (C=N–C) groups is 4. The molecule has 0 aliphatic carbocycles. The van der Waals surface area contributed by atoms with Crippen LogP contribution in [0.25, 0.3) is 5.57 Å². The van der Waals surface area contributed by atoms with Gasteiger partial charge >= 0.3 is 0 Å². The van der Waals surface area contributed by atoms with Crippen molar-refractivity contribution in [1.29, 1.82) is 0 Å². The topological polar surface area (TPSA) is 92.5 Å². The van der Waals surface area contributed by atoms with Gasteiger partial charge in [-0.1, -0.05) is 36.4 Å². The van der Waals surface area contributed by atoms with E-state index in [1.54, 1.807) is 6.92 Å². The van der Waals surface area contributed by atoms with Crippen LogP contribution in [0.1, 0.15) is 29.5 Å². The molecule has 6 nitrogen and oxygen atoms in total. The lowest BCUT2D eigenvalue weighted by Gasteiger charge is -2.16. The van der Waals surface area contributed by atoms with Crippen molar-refractivity contribution in [2.75, 3.05) is 5.73 Å². The summed E-state index contributed by atoms with van der Waals surface area (Å²) in [5.41, 5.74) is 17.1. The Morgan fingerprint density at radius 2 is 1.22 bits per heavy atom. The maximum Gasteiger partial charge on any atom is 0.141 e. The summed E-state index contributed by atoms with van der Waals surface area (Å²) in [6, 6.07) is 15.6. The lowest BCUT2D eigenvalue weighted by atomic mass is 9.87. The van der Waals surface area contributed by atoms with Crippen LogP contribution in [0.3, 0.4) is 0 Å². The number of nitrogen functional groups attached to an aromatic ring is 1. The molecule has 41 heavy (non-hydrogen) atoms. The average Bonchev–Trinajstić information content (AvgIpc) is 3.75. The number of hydrogen-bond acceptors (Lipinski definition) is 6. The van der Waals surface area contributed by atoms with E-state index >= 15 is 0 Å². The SMILES string of the molecule is CC(=O)C(c1ccc(C2=CC3=CC4=NC(=CC5=NC(=CC6=NC(=CC2=N3)C=C6)C=C5)C=C4)cc1)c1cccc(N)c1. The standard InChI is InChI=1S/C35H25N5O/c1-21(41)35(24-3-2-4-25(36)15-24)23-7-5-22(6-8-23)33-19-32-18-30-12-11-28(38-30)16-26-9-10-27(37-26)17-29-13-14-31(39-29)20-34(33)40-32/h2-20,35H,36H2,1H3. The highest BCUT2D eigenvalue weighted by atomic mass is 16.1. The predicted molar refractivity (Wildman–Crippen MR) is 167 cm³/mol. The number of nitrogens with zero attached hydrogens (tertiary/aromatic N) is 4. The molecule has 196 valence electrons. The van der Waals surface area contributed by atoms with Gasteiger partial charge in [-0.05, 0) is 103 Å². The zero-order valence-corrected chi connectivity index (χ0v) is 22.3. The van der Waals surface area contributed by atoms with Crippen LogP contribution in [0, 0.1) is 0 Å². The van der Waals surface area contributed by atoms with E-state index in [2.05, 4.69) is 11.1 Å². The molecule has 0 spiro atoms. The van der Waals surface area contributed by atoms with Gasteiger partial charge in [0, 0.05) is 11.3 Å². The van der Waals surface area contributed by atoms with E-state index in [0.717, 1.165) is 67.9 Å². The van der Waals surface area contributed by atoms with E-state index in [-0.39, 0.29) is 11.7 Å². The molecule has 8 bridgehead atoms. The monoisotopic (exact) mass is 531 g/mol. The zero-order chi connectivity index (χ0) is 27.9. The highest BCUT2D eigenvalue weighted by Gasteiger charge is 2.22. The molecule has 5 aliphatic heterocycles. The highest BCUT2D eigenvalue weighted by molar-refractivity contribution is 6.32. The molecule has 5 heterocycles. The molecule has 2 N–H and O–H groups in total. The fourth-order valence-electron chi connectivity index (χ4n) is 5.38. The zero-order valence-electron chi connectivity index (χ0n) is 22.3. The van der Waals surface area contributed by atoms with Gasteiger partial charge in [-0.3, -0.25) is 4.79 Å². The van der Waals surface area contributed by atoms with Crippen LogP contribution in [0.2, 0.25) is 0 Å². The maximum absolute atomic E-state index is 12.7. The first-order valence-corrected chi connectivity index (χ1v) is 13.4. The van der Waals surface area contributed by atoms with E-state index in [1.165, 1.54) is 0 Å². The summed E-state index contributed by atoms with van der Waals surface area (Å²) in [6.07, 6.45) is 21.9. The van der Waals surface area contributed by atoms with Crippen molar-refractivity contribution in [2.45, 2.75) is 12.8 Å². The minimum Gasteiger partial charge on any atom is -0.399 e. The van der Waals surface area contributed by atoms with Gasteiger partial charge < -0.3 is 5.73 Å². The number of allylic oxidation sites excluding steroid dienone is 12. The fourth-order valence-corrected chi connectivity index (χ4v) is 5.38. The number of benzene rings is 2. The number of ketones is 1. The Hall–Kier alpha value is -5.49. The van der Waals surface area contributed by atoms with E-state index in [9.17, 15) is 4.79 Å². The van der Waals surface area contributed by atoms with Crippen molar-refractivity contribution in [1.82, 2.24) is 0 Å². The van der Waals surface area contributed by atoms with Gasteiger partial charge in [-0.15, -0.1) is 0 Å². The van der Waals surface area contributed by atoms with Crippen LogP contribution in [0.4, 0.5) is 5.69 Å². The van der Waals surface area contributed by atoms with Crippen molar-refractivity contribution in [3.8, 4) is 0 Å². The second-order valence-electron chi connectivity index (χ2n) is 10.3. The Labute approximate surface area is 237 Å². The summed E-state index contributed by atoms with van der Waals surface area (Å²) < 4.78 is 0. The van der Waals surface area contributed by atoms with Gasteiger partial charge in [0.2, 0.25) is 0 Å². The molecular formula is C35H25N5O. The van der Waals surface area contributed by atoms with E-state index in [0.29, 0.717) is 5.69 Å². The second-order valence-corrected chi connectivity index (χ2v) is 10.3. The number of carbonyl (C=O) groups excluding carboxylic acids is 1. The number of carbonyl (C=O) groups is 1. The van der Waals surface area contributed by atoms with E-state index in [1.807, 2.05) is 109 Å². The summed E-state index contributed by atoms with van der Waals surface area (Å²) in [5, 5.41) is 0. The Bertz CT molecular complexity index is 1900. The molecular weight excluding hydrogens is 506 g/mol. The van der Waals surface area contributed by atoms with Gasteiger partial charge in [-0.2, -0.15) is 0 Å². The maximum atomic E-state index is 12.7. The Morgan fingerprint density at radius 3 is 1.80 bits per heavy atom. The van der Waals surface area contributed by atoms with Crippen LogP contribution < -0.4 is 5.73 Å². The molecule has 6 heteroatoms. The van der Waals surface area contributed by atoms with E-state index < -0.39 is 0 Å². The molecule has 0 fully saturated rings. The molecule has 5 aliphatic rings. The highest BCUT2D eigenvalue weighted by Crippen LogP contribution is 2.32. The number of hydrogen-bond donors (Lipinski definition) is 1. The Morgan fingerprint density at radius 1 is 0.634 bits per heavy atom. The van der Waals surface area contributed by atoms with Gasteiger partial charge in [-0.25, -0.2) is 20.0 Å². The van der Waals surface area contributed by atoms with E-state index in [4.69, 9.17) is 20.7 Å². The third kappa shape index (κ3) is 4.99. The van der Waals surface area contributed by atoms with Crippen molar-refractivity contribution in [2.24, 2.45) is 20.0 Å². The first kappa shape index (κ1) is 24.5. The molecule has 0 saturated carbocycles.